The Hall–Kier alpha value is -2.74. The number of nitrogens with zero attached hydrogens (tertiary/aromatic N) is 2. The number of benzene rings is 3. The lowest BCUT2D eigenvalue weighted by atomic mass is 10.2. The Balaban J connectivity index is 1.92. The molecule has 9 heteroatoms. The molecule has 3 rings (SSSR count). The van der Waals surface area contributed by atoms with E-state index in [0.29, 0.717) is 15.8 Å². The molecule has 6 nitrogen and oxygen atoms in total. The van der Waals surface area contributed by atoms with Crippen molar-refractivity contribution < 1.29 is 17.9 Å². The first-order valence-electron chi connectivity index (χ1n) is 9.62. The third kappa shape index (κ3) is 5.54. The van der Waals surface area contributed by atoms with Crippen LogP contribution >= 0.6 is 23.2 Å². The average molecular weight is 493 g/mol. The van der Waals surface area contributed by atoms with E-state index in [4.69, 9.17) is 27.9 Å². The minimum absolute atomic E-state index is 0.0158. The minimum atomic E-state index is -4.06. The third-order valence-electron chi connectivity index (χ3n) is 4.80. The number of rotatable bonds is 8. The summed E-state index contributed by atoms with van der Waals surface area (Å²) in [4.78, 5) is 14.5. The molecule has 3 aromatic carbocycles. The van der Waals surface area contributed by atoms with E-state index in [0.717, 1.165) is 9.87 Å². The molecule has 0 heterocycles. The van der Waals surface area contributed by atoms with Crippen molar-refractivity contribution in [2.45, 2.75) is 11.4 Å². The van der Waals surface area contributed by atoms with Gasteiger partial charge in [-0.1, -0.05) is 47.5 Å². The molecule has 32 heavy (non-hydrogen) atoms. The summed E-state index contributed by atoms with van der Waals surface area (Å²) in [5.41, 5.74) is 1.09. The summed E-state index contributed by atoms with van der Waals surface area (Å²) in [6.07, 6.45) is 0. The molecular formula is C23H22Cl2N2O4S. The monoisotopic (exact) mass is 492 g/mol. The van der Waals surface area contributed by atoms with Crippen LogP contribution in [0, 0.1) is 0 Å². The molecule has 0 N–H and O–H groups in total. The Morgan fingerprint density at radius 3 is 2.28 bits per heavy atom. The van der Waals surface area contributed by atoms with Gasteiger partial charge >= 0.3 is 0 Å². The zero-order valence-corrected chi connectivity index (χ0v) is 19.9. The molecule has 0 bridgehead atoms. The highest BCUT2D eigenvalue weighted by Gasteiger charge is 2.28. The van der Waals surface area contributed by atoms with Crippen LogP contribution < -0.4 is 9.04 Å². The molecule has 0 aliphatic carbocycles. The van der Waals surface area contributed by atoms with Crippen LogP contribution in [0.25, 0.3) is 0 Å². The Labute approximate surface area is 198 Å². The summed E-state index contributed by atoms with van der Waals surface area (Å²) in [6, 6.07) is 19.5. The molecule has 0 fully saturated rings. The second-order valence-electron chi connectivity index (χ2n) is 7.01. The summed E-state index contributed by atoms with van der Waals surface area (Å²) in [5, 5.41) is 0.763. The molecule has 0 atom stereocenters. The summed E-state index contributed by atoms with van der Waals surface area (Å²) >= 11 is 12.0. The number of halogens is 2. The van der Waals surface area contributed by atoms with Crippen molar-refractivity contribution >= 4 is 44.8 Å². The normalized spacial score (nSPS) is 11.1. The Morgan fingerprint density at radius 1 is 0.938 bits per heavy atom. The standard InChI is InChI=1S/C23H22Cl2N2O4S/c1-26(15-17-6-3-4-9-22(17)31-2)23(28)16-27(20-8-5-7-19(25)14-20)32(29,30)21-12-10-18(24)11-13-21/h3-14H,15-16H2,1-2H3. The van der Waals surface area contributed by atoms with Gasteiger partial charge in [0, 0.05) is 29.2 Å². The molecule has 0 saturated carbocycles. The zero-order valence-electron chi connectivity index (χ0n) is 17.5. The number of ether oxygens (including phenoxy) is 1. The van der Waals surface area contributed by atoms with Crippen molar-refractivity contribution in [1.82, 2.24) is 4.90 Å². The number of amides is 1. The Bertz CT molecular complexity index is 1200. The molecule has 0 unspecified atom stereocenters. The molecule has 1 amide bonds. The molecule has 0 radical (unpaired) electrons. The maximum absolute atomic E-state index is 13.4. The summed E-state index contributed by atoms with van der Waals surface area (Å²) in [5.74, 6) is 0.251. The second-order valence-corrected chi connectivity index (χ2v) is 9.74. The first-order valence-corrected chi connectivity index (χ1v) is 11.8. The van der Waals surface area contributed by atoms with Crippen molar-refractivity contribution in [3.63, 3.8) is 0 Å². The fourth-order valence-corrected chi connectivity index (χ4v) is 4.82. The lowest BCUT2D eigenvalue weighted by Gasteiger charge is -2.27. The van der Waals surface area contributed by atoms with E-state index < -0.39 is 22.5 Å². The number of carbonyl (C=O) groups excluding carboxylic acids is 1. The van der Waals surface area contributed by atoms with Crippen molar-refractivity contribution in [3.8, 4) is 5.75 Å². The van der Waals surface area contributed by atoms with E-state index in [1.165, 1.54) is 35.2 Å². The Kier molecular flexibility index (Phi) is 7.66. The van der Waals surface area contributed by atoms with Gasteiger partial charge in [0.1, 0.15) is 12.3 Å². The number of para-hydroxylation sites is 1. The highest BCUT2D eigenvalue weighted by Crippen LogP contribution is 2.27. The van der Waals surface area contributed by atoms with Crippen molar-refractivity contribution in [2.24, 2.45) is 0 Å². The maximum atomic E-state index is 13.4. The van der Waals surface area contributed by atoms with Crippen molar-refractivity contribution in [1.29, 1.82) is 0 Å². The highest BCUT2D eigenvalue weighted by atomic mass is 35.5. The van der Waals surface area contributed by atoms with E-state index in [1.807, 2.05) is 18.2 Å². The second kappa shape index (κ2) is 10.3. The fourth-order valence-electron chi connectivity index (χ4n) is 3.10. The SMILES string of the molecule is COc1ccccc1CN(C)C(=O)CN(c1cccc(Cl)c1)S(=O)(=O)c1ccc(Cl)cc1. The van der Waals surface area contributed by atoms with Crippen LogP contribution in [0.2, 0.25) is 10.0 Å². The maximum Gasteiger partial charge on any atom is 0.264 e. The molecule has 0 spiro atoms. The molecule has 168 valence electrons. The number of carbonyl (C=O) groups is 1. The van der Waals surface area contributed by atoms with E-state index >= 15 is 0 Å². The third-order valence-corrected chi connectivity index (χ3v) is 7.08. The van der Waals surface area contributed by atoms with Gasteiger partial charge in [0.2, 0.25) is 5.91 Å². The quantitative estimate of drug-likeness (QED) is 0.450. The number of hydrogen-bond acceptors (Lipinski definition) is 4. The van der Waals surface area contributed by atoms with Gasteiger partial charge in [-0.15, -0.1) is 0 Å². The van der Waals surface area contributed by atoms with Crippen LogP contribution in [0.4, 0.5) is 5.69 Å². The molecule has 0 saturated heterocycles. The molecule has 0 aliphatic heterocycles. The number of hydrogen-bond donors (Lipinski definition) is 0. The minimum Gasteiger partial charge on any atom is -0.496 e. The van der Waals surface area contributed by atoms with Crippen LogP contribution in [0.1, 0.15) is 5.56 Å². The van der Waals surface area contributed by atoms with Gasteiger partial charge in [-0.05, 0) is 48.5 Å². The van der Waals surface area contributed by atoms with Crippen LogP contribution in [0.3, 0.4) is 0 Å². The molecule has 3 aromatic rings. The lowest BCUT2D eigenvalue weighted by molar-refractivity contribution is -0.128. The van der Waals surface area contributed by atoms with Crippen molar-refractivity contribution in [3.05, 3.63) is 88.4 Å². The Morgan fingerprint density at radius 2 is 1.62 bits per heavy atom. The van der Waals surface area contributed by atoms with Crippen molar-refractivity contribution in [2.75, 3.05) is 25.0 Å². The van der Waals surface area contributed by atoms with Gasteiger partial charge < -0.3 is 9.64 Å². The van der Waals surface area contributed by atoms with E-state index in [-0.39, 0.29) is 17.1 Å². The number of methoxy groups -OCH3 is 1. The van der Waals surface area contributed by atoms with E-state index in [1.54, 1.807) is 38.4 Å². The van der Waals surface area contributed by atoms with Crippen LogP contribution in [-0.4, -0.2) is 39.9 Å². The average Bonchev–Trinajstić information content (AvgIpc) is 2.77. The van der Waals surface area contributed by atoms with Gasteiger partial charge in [0.25, 0.3) is 10.0 Å². The van der Waals surface area contributed by atoms with Gasteiger partial charge in [0.15, 0.2) is 0 Å². The lowest BCUT2D eigenvalue weighted by Crippen LogP contribution is -2.41. The molecular weight excluding hydrogens is 471 g/mol. The highest BCUT2D eigenvalue weighted by molar-refractivity contribution is 7.92. The number of anilines is 1. The zero-order chi connectivity index (χ0) is 23.3. The van der Waals surface area contributed by atoms with E-state index in [9.17, 15) is 13.2 Å². The predicted molar refractivity (Wildman–Crippen MR) is 127 cm³/mol. The van der Waals surface area contributed by atoms with Gasteiger partial charge in [-0.25, -0.2) is 8.42 Å². The van der Waals surface area contributed by atoms with Gasteiger partial charge in [-0.2, -0.15) is 0 Å². The predicted octanol–water partition coefficient (Wildman–Crippen LogP) is 4.86. The number of sulfonamides is 1. The summed E-state index contributed by atoms with van der Waals surface area (Å²) in [6.45, 7) is -0.149. The van der Waals surface area contributed by atoms with Crippen LogP contribution in [0.5, 0.6) is 5.75 Å². The summed E-state index contributed by atoms with van der Waals surface area (Å²) in [7, 11) is -0.891. The van der Waals surface area contributed by atoms with E-state index in [2.05, 4.69) is 0 Å². The van der Waals surface area contributed by atoms with Gasteiger partial charge in [0.05, 0.1) is 17.7 Å². The fraction of sp³-hybridized carbons (Fsp3) is 0.174. The largest absolute Gasteiger partial charge is 0.496 e. The number of likely N-dealkylation sites (N-methyl/N-ethyl adjacent to an activating group) is 1. The van der Waals surface area contributed by atoms with Gasteiger partial charge in [-0.3, -0.25) is 9.10 Å². The first-order chi connectivity index (χ1) is 15.2. The van der Waals surface area contributed by atoms with Crippen LogP contribution in [-0.2, 0) is 21.4 Å². The smallest absolute Gasteiger partial charge is 0.264 e. The topological polar surface area (TPSA) is 66.9 Å². The molecule has 0 aromatic heterocycles. The first kappa shape index (κ1) is 23.9. The summed E-state index contributed by atoms with van der Waals surface area (Å²) < 4.78 is 33.2. The molecule has 0 aliphatic rings. The van der Waals surface area contributed by atoms with Crippen LogP contribution in [0.15, 0.2) is 77.7 Å².